The molecule has 3 rings (SSSR count). The van der Waals surface area contributed by atoms with Crippen molar-refractivity contribution >= 4 is 5.91 Å². The van der Waals surface area contributed by atoms with E-state index >= 15 is 0 Å². The summed E-state index contributed by atoms with van der Waals surface area (Å²) in [6, 6.07) is 3.54. The van der Waals surface area contributed by atoms with Crippen molar-refractivity contribution in [1.82, 2.24) is 14.7 Å². The Bertz CT molecular complexity index is 702. The topological polar surface area (TPSA) is 60.5 Å². The lowest BCUT2D eigenvalue weighted by molar-refractivity contribution is 0.0700. The number of ether oxygens (including phenoxy) is 1. The fourth-order valence-electron chi connectivity index (χ4n) is 3.28. The van der Waals surface area contributed by atoms with E-state index in [1.54, 1.807) is 17.9 Å². The quantitative estimate of drug-likeness (QED) is 0.874. The smallest absolute Gasteiger partial charge is 0.290 e. The summed E-state index contributed by atoms with van der Waals surface area (Å²) in [6.07, 6.45) is 1.88. The number of furan rings is 1. The zero-order chi connectivity index (χ0) is 15.9. The molecular weight excluding hydrogens is 282 g/mol. The highest BCUT2D eigenvalue weighted by Crippen LogP contribution is 2.39. The van der Waals surface area contributed by atoms with Gasteiger partial charge in [0.25, 0.3) is 5.91 Å². The second kappa shape index (κ2) is 5.51. The van der Waals surface area contributed by atoms with E-state index in [0.29, 0.717) is 5.76 Å². The fraction of sp³-hybridized carbons (Fsp3) is 0.500. The van der Waals surface area contributed by atoms with E-state index in [-0.39, 0.29) is 11.9 Å². The molecule has 0 bridgehead atoms. The Kier molecular flexibility index (Phi) is 3.68. The van der Waals surface area contributed by atoms with E-state index in [4.69, 9.17) is 9.15 Å². The summed E-state index contributed by atoms with van der Waals surface area (Å²) in [5.41, 5.74) is 1.90. The van der Waals surface area contributed by atoms with Gasteiger partial charge in [0.05, 0.1) is 24.4 Å². The van der Waals surface area contributed by atoms with Crippen LogP contribution in [-0.2, 0) is 7.05 Å². The number of amides is 1. The van der Waals surface area contributed by atoms with E-state index in [2.05, 4.69) is 5.10 Å². The molecule has 1 atom stereocenters. The number of nitrogens with zero attached hydrogens (tertiary/aromatic N) is 3. The first kappa shape index (κ1) is 14.7. The standard InChI is InChI=1S/C16H21N3O3/c1-10-7-8-13(22-10)15(20)19-9-5-6-12(19)14-11(2)17-18(3)16(14)21-4/h7-8,12H,5-6,9H2,1-4H3. The predicted molar refractivity (Wildman–Crippen MR) is 81.0 cm³/mol. The average molecular weight is 303 g/mol. The summed E-state index contributed by atoms with van der Waals surface area (Å²) in [6.45, 7) is 4.52. The lowest BCUT2D eigenvalue weighted by atomic mass is 10.0. The zero-order valence-electron chi connectivity index (χ0n) is 13.4. The third-order valence-electron chi connectivity index (χ3n) is 4.21. The minimum atomic E-state index is -0.0686. The number of aryl methyl sites for hydroxylation is 3. The highest BCUT2D eigenvalue weighted by Gasteiger charge is 2.36. The maximum absolute atomic E-state index is 12.7. The van der Waals surface area contributed by atoms with Crippen LogP contribution in [0.5, 0.6) is 5.88 Å². The summed E-state index contributed by atoms with van der Waals surface area (Å²) in [5.74, 6) is 1.79. The van der Waals surface area contributed by atoms with Gasteiger partial charge >= 0.3 is 0 Å². The third-order valence-corrected chi connectivity index (χ3v) is 4.21. The van der Waals surface area contributed by atoms with Gasteiger partial charge in [-0.25, -0.2) is 4.68 Å². The van der Waals surface area contributed by atoms with Gasteiger partial charge in [0, 0.05) is 13.6 Å². The Balaban J connectivity index is 1.95. The molecule has 1 unspecified atom stereocenters. The van der Waals surface area contributed by atoms with E-state index in [1.807, 2.05) is 31.9 Å². The number of hydrogen-bond donors (Lipinski definition) is 0. The molecule has 6 heteroatoms. The zero-order valence-corrected chi connectivity index (χ0v) is 13.4. The van der Waals surface area contributed by atoms with Gasteiger partial charge in [-0.2, -0.15) is 5.10 Å². The van der Waals surface area contributed by atoms with E-state index < -0.39 is 0 Å². The van der Waals surface area contributed by atoms with Crippen LogP contribution in [0.2, 0.25) is 0 Å². The molecule has 2 aromatic rings. The first-order valence-corrected chi connectivity index (χ1v) is 7.47. The van der Waals surface area contributed by atoms with Gasteiger partial charge < -0.3 is 14.1 Å². The Morgan fingerprint density at radius 1 is 1.41 bits per heavy atom. The van der Waals surface area contributed by atoms with Gasteiger partial charge in [0.1, 0.15) is 5.76 Å². The second-order valence-electron chi connectivity index (χ2n) is 5.70. The van der Waals surface area contributed by atoms with Crippen LogP contribution in [0, 0.1) is 13.8 Å². The maximum atomic E-state index is 12.7. The van der Waals surface area contributed by atoms with Crippen LogP contribution in [-0.4, -0.2) is 34.2 Å². The van der Waals surface area contributed by atoms with Gasteiger partial charge in [0.2, 0.25) is 5.88 Å². The molecule has 1 aliphatic heterocycles. The van der Waals surface area contributed by atoms with Gasteiger partial charge in [0.15, 0.2) is 5.76 Å². The van der Waals surface area contributed by atoms with Crippen molar-refractivity contribution in [3.63, 3.8) is 0 Å². The molecule has 0 radical (unpaired) electrons. The molecule has 118 valence electrons. The molecule has 0 saturated carbocycles. The molecular formula is C16H21N3O3. The van der Waals surface area contributed by atoms with Gasteiger partial charge in [-0.1, -0.05) is 0 Å². The highest BCUT2D eigenvalue weighted by atomic mass is 16.5. The maximum Gasteiger partial charge on any atom is 0.290 e. The monoisotopic (exact) mass is 303 g/mol. The predicted octanol–water partition coefficient (Wildman–Crippen LogP) is 2.62. The van der Waals surface area contributed by atoms with Crippen LogP contribution in [0.4, 0.5) is 0 Å². The Morgan fingerprint density at radius 2 is 2.18 bits per heavy atom. The number of hydrogen-bond acceptors (Lipinski definition) is 4. The lowest BCUT2D eigenvalue weighted by Crippen LogP contribution is -2.30. The molecule has 3 heterocycles. The summed E-state index contributed by atoms with van der Waals surface area (Å²) in [4.78, 5) is 14.6. The van der Waals surface area contributed by atoms with Crippen LogP contribution in [0.1, 0.15) is 46.5 Å². The van der Waals surface area contributed by atoms with Crippen molar-refractivity contribution in [3.8, 4) is 5.88 Å². The molecule has 0 spiro atoms. The SMILES string of the molecule is COc1c(C2CCCN2C(=O)c2ccc(C)o2)c(C)nn1C. The molecule has 0 aliphatic carbocycles. The van der Waals surface area contributed by atoms with Crippen molar-refractivity contribution in [3.05, 3.63) is 34.9 Å². The number of rotatable bonds is 3. The first-order chi connectivity index (χ1) is 10.5. The summed E-state index contributed by atoms with van der Waals surface area (Å²) in [5, 5.41) is 4.43. The number of aromatic nitrogens is 2. The van der Waals surface area contributed by atoms with Crippen molar-refractivity contribution in [2.45, 2.75) is 32.7 Å². The largest absolute Gasteiger partial charge is 0.481 e. The molecule has 1 saturated heterocycles. The Morgan fingerprint density at radius 3 is 2.82 bits per heavy atom. The molecule has 22 heavy (non-hydrogen) atoms. The minimum Gasteiger partial charge on any atom is -0.481 e. The average Bonchev–Trinajstić information content (AvgIpc) is 3.16. The Labute approximate surface area is 129 Å². The fourth-order valence-corrected chi connectivity index (χ4v) is 3.28. The van der Waals surface area contributed by atoms with Gasteiger partial charge in [-0.15, -0.1) is 0 Å². The van der Waals surface area contributed by atoms with Crippen molar-refractivity contribution < 1.29 is 13.9 Å². The molecule has 0 N–H and O–H groups in total. The van der Waals surface area contributed by atoms with Crippen LogP contribution in [0.25, 0.3) is 0 Å². The van der Waals surface area contributed by atoms with Crippen molar-refractivity contribution in [2.75, 3.05) is 13.7 Å². The molecule has 2 aromatic heterocycles. The van der Waals surface area contributed by atoms with E-state index in [0.717, 1.165) is 42.3 Å². The van der Waals surface area contributed by atoms with Crippen LogP contribution >= 0.6 is 0 Å². The van der Waals surface area contributed by atoms with Crippen LogP contribution in [0.15, 0.2) is 16.5 Å². The van der Waals surface area contributed by atoms with Crippen molar-refractivity contribution in [2.24, 2.45) is 7.05 Å². The molecule has 6 nitrogen and oxygen atoms in total. The first-order valence-electron chi connectivity index (χ1n) is 7.47. The van der Waals surface area contributed by atoms with Gasteiger partial charge in [-0.3, -0.25) is 4.79 Å². The molecule has 1 fully saturated rings. The molecule has 1 amide bonds. The van der Waals surface area contributed by atoms with E-state index in [9.17, 15) is 4.79 Å². The molecule has 1 aliphatic rings. The van der Waals surface area contributed by atoms with Crippen LogP contribution in [0.3, 0.4) is 0 Å². The Hall–Kier alpha value is -2.24. The number of carbonyl (C=O) groups excluding carboxylic acids is 1. The third kappa shape index (κ3) is 2.28. The highest BCUT2D eigenvalue weighted by molar-refractivity contribution is 5.92. The summed E-state index contributed by atoms with van der Waals surface area (Å²) < 4.78 is 12.7. The summed E-state index contributed by atoms with van der Waals surface area (Å²) >= 11 is 0. The number of likely N-dealkylation sites (tertiary alicyclic amines) is 1. The second-order valence-corrected chi connectivity index (χ2v) is 5.70. The normalized spacial score (nSPS) is 18.0. The summed E-state index contributed by atoms with van der Waals surface area (Å²) in [7, 11) is 3.49. The number of carbonyl (C=O) groups is 1. The molecule has 0 aromatic carbocycles. The van der Waals surface area contributed by atoms with E-state index in [1.165, 1.54) is 0 Å². The number of methoxy groups -OCH3 is 1. The van der Waals surface area contributed by atoms with Gasteiger partial charge in [-0.05, 0) is 38.8 Å². The van der Waals surface area contributed by atoms with Crippen LogP contribution < -0.4 is 4.74 Å². The lowest BCUT2D eigenvalue weighted by Gasteiger charge is -2.24. The van der Waals surface area contributed by atoms with Crippen molar-refractivity contribution in [1.29, 1.82) is 0 Å². The minimum absolute atomic E-state index is 0.0124.